The van der Waals surface area contributed by atoms with E-state index in [1.54, 1.807) is 0 Å². The van der Waals surface area contributed by atoms with Gasteiger partial charge in [0.1, 0.15) is 5.60 Å². The molecule has 2 rings (SSSR count). The van der Waals surface area contributed by atoms with Crippen molar-refractivity contribution in [2.45, 2.75) is 168 Å². The lowest BCUT2D eigenvalue weighted by molar-refractivity contribution is 0.0168. The van der Waals surface area contributed by atoms with Crippen LogP contribution in [-0.2, 0) is 4.74 Å². The van der Waals surface area contributed by atoms with Crippen LogP contribution >= 0.6 is 0 Å². The van der Waals surface area contributed by atoms with Crippen molar-refractivity contribution in [1.29, 1.82) is 5.26 Å². The van der Waals surface area contributed by atoms with Gasteiger partial charge in [-0.25, -0.2) is 4.79 Å². The zero-order chi connectivity index (χ0) is 40.7. The number of nitrogens with zero attached hydrogens (tertiary/aromatic N) is 4. The molecule has 1 aliphatic heterocycles. The number of piperazine rings is 1. The first-order valence-corrected chi connectivity index (χ1v) is 20.4. The van der Waals surface area contributed by atoms with Gasteiger partial charge in [-0.2, -0.15) is 5.26 Å². The second-order valence-electron chi connectivity index (χ2n) is 14.0. The number of ether oxygens (including phenoxy) is 1. The molecule has 1 saturated carbocycles. The highest BCUT2D eigenvalue weighted by molar-refractivity contribution is 6.03. The monoisotopic (exact) mass is 723 g/mol. The molecular weight excluding hydrogens is 641 g/mol. The molecule has 2 fully saturated rings. The third-order valence-electron chi connectivity index (χ3n) is 8.17. The van der Waals surface area contributed by atoms with E-state index in [1.807, 2.05) is 83.9 Å². The normalized spacial score (nSPS) is 16.5. The summed E-state index contributed by atoms with van der Waals surface area (Å²) >= 11 is 0. The Bertz CT molecular complexity index is 1210. The summed E-state index contributed by atoms with van der Waals surface area (Å²) in [5.41, 5.74) is 6.40. The van der Waals surface area contributed by atoms with Gasteiger partial charge < -0.3 is 14.5 Å². The van der Waals surface area contributed by atoms with Crippen LogP contribution in [0.2, 0.25) is 0 Å². The van der Waals surface area contributed by atoms with E-state index in [9.17, 15) is 4.79 Å². The quantitative estimate of drug-likeness (QED) is 0.114. The first kappa shape index (κ1) is 53.0. The van der Waals surface area contributed by atoms with E-state index in [0.717, 1.165) is 62.4 Å². The highest BCUT2D eigenvalue weighted by Gasteiger charge is 2.27. The van der Waals surface area contributed by atoms with Gasteiger partial charge in [0.25, 0.3) is 0 Å². The lowest BCUT2D eigenvalue weighted by atomic mass is 9.87. The van der Waals surface area contributed by atoms with Crippen molar-refractivity contribution in [2.75, 3.05) is 26.2 Å². The number of carbonyl (C=O) groups is 1. The molecular formula is C46H82N4O2. The van der Waals surface area contributed by atoms with Crippen molar-refractivity contribution in [3.63, 3.8) is 0 Å². The Morgan fingerprint density at radius 3 is 1.87 bits per heavy atom. The largest absolute Gasteiger partial charge is 0.444 e. The summed E-state index contributed by atoms with van der Waals surface area (Å²) < 4.78 is 5.54. The van der Waals surface area contributed by atoms with Crippen LogP contribution in [0.15, 0.2) is 75.6 Å². The van der Waals surface area contributed by atoms with Gasteiger partial charge in [-0.05, 0) is 104 Å². The van der Waals surface area contributed by atoms with Crippen LogP contribution < -0.4 is 0 Å². The van der Waals surface area contributed by atoms with E-state index in [2.05, 4.69) is 92.4 Å². The Morgan fingerprint density at radius 2 is 1.46 bits per heavy atom. The van der Waals surface area contributed by atoms with Gasteiger partial charge in [-0.15, -0.1) is 0 Å². The lowest BCUT2D eigenvalue weighted by Crippen LogP contribution is -2.49. The van der Waals surface area contributed by atoms with Gasteiger partial charge in [0.15, 0.2) is 0 Å². The topological polar surface area (TPSA) is 68.9 Å². The number of hydrogen-bond acceptors (Lipinski definition) is 5. The van der Waals surface area contributed by atoms with Gasteiger partial charge in [-0.1, -0.05) is 118 Å². The van der Waals surface area contributed by atoms with Crippen molar-refractivity contribution in [1.82, 2.24) is 9.80 Å². The average Bonchev–Trinajstić information content (AvgIpc) is 3.93. The maximum atomic E-state index is 12.4. The minimum Gasteiger partial charge on any atom is -0.444 e. The zero-order valence-electron chi connectivity index (χ0n) is 37.1. The maximum Gasteiger partial charge on any atom is 0.410 e. The highest BCUT2D eigenvalue weighted by atomic mass is 16.6. The van der Waals surface area contributed by atoms with Crippen molar-refractivity contribution >= 4 is 11.8 Å². The van der Waals surface area contributed by atoms with Crippen LogP contribution in [0.4, 0.5) is 4.79 Å². The molecule has 6 heteroatoms. The number of carbonyl (C=O) groups excluding carboxylic acids is 1. The van der Waals surface area contributed by atoms with E-state index in [0.29, 0.717) is 19.0 Å². The molecule has 0 aromatic heterocycles. The van der Waals surface area contributed by atoms with E-state index in [-0.39, 0.29) is 6.09 Å². The van der Waals surface area contributed by atoms with Gasteiger partial charge in [0.05, 0.1) is 11.6 Å². The summed E-state index contributed by atoms with van der Waals surface area (Å²) in [5.74, 6) is 1.54. The summed E-state index contributed by atoms with van der Waals surface area (Å²) in [7, 11) is 0. The Morgan fingerprint density at radius 1 is 0.942 bits per heavy atom. The van der Waals surface area contributed by atoms with Crippen LogP contribution in [0.1, 0.15) is 163 Å². The minimum absolute atomic E-state index is 0.222. The molecule has 1 amide bonds. The van der Waals surface area contributed by atoms with E-state index in [1.165, 1.54) is 35.3 Å². The molecule has 0 spiro atoms. The summed E-state index contributed by atoms with van der Waals surface area (Å²) in [4.78, 5) is 21.3. The number of nitriles is 1. The second-order valence-corrected chi connectivity index (χ2v) is 14.0. The Balaban J connectivity index is -0.000000896. The first-order chi connectivity index (χ1) is 24.7. The van der Waals surface area contributed by atoms with Gasteiger partial charge >= 0.3 is 6.09 Å². The standard InChI is InChI=1S/C25H43N3O2.C13H19N.C4H8.2C2H6/c1-10-13-14-26-20(5)23(22(12-3)19(4)11-2)21(6)27-15-17-28(18-16-27)24(29)30-25(7,8)9;1-4-6-7-9-13(11-14)10-12(3)8-5-2;1-4-2-3-4;2*1-2/h12-14,19H,10-11,15-18H2,1-9H3;6-7,9-10H,4-5,8H2,1-3H3;4H,2-3H2,1H3;2*1-2H3/b14-13+,22-12-,23-21-,26-20+;7-6+,12-10+,13-9+;;;. The van der Waals surface area contributed by atoms with Gasteiger partial charge in [0, 0.05) is 49.4 Å². The van der Waals surface area contributed by atoms with E-state index in [4.69, 9.17) is 15.0 Å². The van der Waals surface area contributed by atoms with Crippen LogP contribution in [0, 0.1) is 23.2 Å². The fourth-order valence-electron chi connectivity index (χ4n) is 4.94. The van der Waals surface area contributed by atoms with Crippen molar-refractivity contribution in [2.24, 2.45) is 16.8 Å². The fourth-order valence-corrected chi connectivity index (χ4v) is 4.94. The number of allylic oxidation sites excluding steroid dienone is 11. The smallest absolute Gasteiger partial charge is 0.410 e. The van der Waals surface area contributed by atoms with Gasteiger partial charge in [-0.3, -0.25) is 4.99 Å². The number of aliphatic imine (C=N–C) groups is 1. The predicted octanol–water partition coefficient (Wildman–Crippen LogP) is 13.8. The van der Waals surface area contributed by atoms with Crippen LogP contribution in [0.3, 0.4) is 0 Å². The molecule has 1 atom stereocenters. The van der Waals surface area contributed by atoms with Gasteiger partial charge in [0.2, 0.25) is 0 Å². The molecule has 1 saturated heterocycles. The summed E-state index contributed by atoms with van der Waals surface area (Å²) in [6.45, 7) is 38.2. The molecule has 1 aliphatic carbocycles. The SMILES string of the molecule is CC.CC.CC/C=C/C=C(C#N)\C=C(/C)CCC.CC1CC1.C\C=C(C(/C(C)=N/C=C/CC)=C(/C)N1CCN(C(=O)OC(C)(C)C)CC1)\C(C)CC. The first-order valence-electron chi connectivity index (χ1n) is 20.4. The molecule has 1 heterocycles. The van der Waals surface area contributed by atoms with E-state index < -0.39 is 5.60 Å². The Labute approximate surface area is 323 Å². The summed E-state index contributed by atoms with van der Waals surface area (Å²) in [6.07, 6.45) is 22.0. The van der Waals surface area contributed by atoms with E-state index >= 15 is 0 Å². The number of rotatable bonds is 12. The molecule has 0 bridgehead atoms. The molecule has 1 unspecified atom stereocenters. The maximum absolute atomic E-state index is 12.4. The van der Waals surface area contributed by atoms with Crippen LogP contribution in [0.25, 0.3) is 0 Å². The Hall–Kier alpha value is -3.33. The number of amides is 1. The van der Waals surface area contributed by atoms with Crippen molar-refractivity contribution in [3.8, 4) is 6.07 Å². The highest BCUT2D eigenvalue weighted by Crippen LogP contribution is 2.29. The molecule has 6 nitrogen and oxygen atoms in total. The van der Waals surface area contributed by atoms with Crippen LogP contribution in [0.5, 0.6) is 0 Å². The average molecular weight is 723 g/mol. The summed E-state index contributed by atoms with van der Waals surface area (Å²) in [6, 6.07) is 2.18. The molecule has 0 aromatic rings. The molecule has 2 aliphatic rings. The minimum atomic E-state index is -0.464. The zero-order valence-corrected chi connectivity index (χ0v) is 37.1. The summed E-state index contributed by atoms with van der Waals surface area (Å²) in [5, 5.41) is 8.85. The predicted molar refractivity (Wildman–Crippen MR) is 231 cm³/mol. The van der Waals surface area contributed by atoms with Crippen LogP contribution in [-0.4, -0.2) is 53.4 Å². The Kier molecular flexibility index (Phi) is 33.0. The molecule has 0 aromatic carbocycles. The lowest BCUT2D eigenvalue weighted by Gasteiger charge is -2.38. The fraction of sp³-hybridized carbons (Fsp3) is 0.674. The third kappa shape index (κ3) is 25.6. The molecule has 0 radical (unpaired) electrons. The van der Waals surface area contributed by atoms with Crippen molar-refractivity contribution < 1.29 is 9.53 Å². The molecule has 298 valence electrons. The molecule has 0 N–H and O–H groups in total. The third-order valence-corrected chi connectivity index (χ3v) is 8.17. The van der Waals surface area contributed by atoms with Crippen molar-refractivity contribution in [3.05, 3.63) is 70.6 Å². The number of hydrogen-bond donors (Lipinski definition) is 0. The second kappa shape index (κ2) is 32.3. The molecule has 52 heavy (non-hydrogen) atoms.